The third-order valence-electron chi connectivity index (χ3n) is 4.65. The minimum atomic E-state index is 0.152. The summed E-state index contributed by atoms with van der Waals surface area (Å²) in [4.78, 5) is 17.8. The smallest absolute Gasteiger partial charge is 0.168 e. The lowest BCUT2D eigenvalue weighted by Crippen LogP contribution is -2.27. The van der Waals surface area contributed by atoms with Crippen molar-refractivity contribution >= 4 is 29.6 Å². The second-order valence-electron chi connectivity index (χ2n) is 6.49. The third kappa shape index (κ3) is 5.73. The van der Waals surface area contributed by atoms with Crippen LogP contribution in [0.5, 0.6) is 5.75 Å². The highest BCUT2D eigenvalue weighted by atomic mass is 35.5. The Labute approximate surface area is 164 Å². The Balaban J connectivity index is 0.000000254. The first kappa shape index (κ1) is 20.7. The van der Waals surface area contributed by atoms with E-state index in [1.807, 2.05) is 6.07 Å². The van der Waals surface area contributed by atoms with Gasteiger partial charge in [0.2, 0.25) is 0 Å². The van der Waals surface area contributed by atoms with Crippen LogP contribution in [0.4, 0.5) is 0 Å². The van der Waals surface area contributed by atoms with Crippen LogP contribution in [0.3, 0.4) is 0 Å². The van der Waals surface area contributed by atoms with Gasteiger partial charge in [0.05, 0.1) is 15.6 Å². The fraction of sp³-hybridized carbons (Fsp3) is 0.400. The van der Waals surface area contributed by atoms with Crippen LogP contribution in [-0.4, -0.2) is 40.4 Å². The summed E-state index contributed by atoms with van der Waals surface area (Å²) in [6.45, 7) is 4.59. The van der Waals surface area contributed by atoms with Crippen LogP contribution in [0.2, 0.25) is 5.02 Å². The van der Waals surface area contributed by atoms with Crippen molar-refractivity contribution < 1.29 is 9.90 Å². The molecule has 2 atom stereocenters. The van der Waals surface area contributed by atoms with E-state index in [-0.39, 0.29) is 5.75 Å². The Morgan fingerprint density at radius 2 is 1.88 bits per heavy atom. The average molecular weight is 393 g/mol. The Kier molecular flexibility index (Phi) is 7.94. The summed E-state index contributed by atoms with van der Waals surface area (Å²) in [5, 5.41) is 10.2. The van der Waals surface area contributed by atoms with Crippen molar-refractivity contribution in [3.63, 3.8) is 0 Å². The molecule has 0 amide bonds. The molecule has 1 fully saturated rings. The largest absolute Gasteiger partial charge is 0.507 e. The number of phenols is 1. The molecule has 6 heteroatoms. The van der Waals surface area contributed by atoms with Crippen molar-refractivity contribution in [3.8, 4) is 5.75 Å². The van der Waals surface area contributed by atoms with Gasteiger partial charge < -0.3 is 10.0 Å². The lowest BCUT2D eigenvalue weighted by atomic mass is 10.2. The number of likely N-dealkylation sites (tertiary alicyclic amines) is 1. The molecule has 1 aromatic heterocycles. The predicted octanol–water partition coefficient (Wildman–Crippen LogP) is 5.03. The van der Waals surface area contributed by atoms with Crippen LogP contribution in [-0.2, 0) is 5.75 Å². The maximum atomic E-state index is 10.6. The number of hydrogen-bond donors (Lipinski definition) is 1. The Hall–Kier alpha value is -1.56. The summed E-state index contributed by atoms with van der Waals surface area (Å²) < 4.78 is 0. The minimum Gasteiger partial charge on any atom is -0.507 e. The van der Waals surface area contributed by atoms with Gasteiger partial charge in [-0.2, -0.15) is 0 Å². The summed E-state index contributed by atoms with van der Waals surface area (Å²) in [7, 11) is 2.21. The zero-order valence-corrected chi connectivity index (χ0v) is 16.9. The van der Waals surface area contributed by atoms with Crippen molar-refractivity contribution in [1.29, 1.82) is 0 Å². The van der Waals surface area contributed by atoms with E-state index in [1.165, 1.54) is 24.6 Å². The summed E-state index contributed by atoms with van der Waals surface area (Å²) in [5.74, 6) is 0.693. The molecule has 0 saturated carbocycles. The number of benzene rings is 1. The van der Waals surface area contributed by atoms with Gasteiger partial charge in [0.25, 0.3) is 0 Å². The molecule has 3 rings (SSSR count). The molecule has 0 aliphatic carbocycles. The summed E-state index contributed by atoms with van der Waals surface area (Å²) in [6.07, 6.45) is 3.48. The van der Waals surface area contributed by atoms with Gasteiger partial charge in [-0.15, -0.1) is 11.8 Å². The number of aromatic nitrogens is 1. The molecule has 1 N–H and O–H groups in total. The Morgan fingerprint density at radius 3 is 2.42 bits per heavy atom. The Bertz CT molecular complexity index is 711. The van der Waals surface area contributed by atoms with Gasteiger partial charge in [0, 0.05) is 17.8 Å². The van der Waals surface area contributed by atoms with Gasteiger partial charge in [-0.25, -0.2) is 4.98 Å². The van der Waals surface area contributed by atoms with Crippen LogP contribution >= 0.6 is 23.4 Å². The zero-order valence-electron chi connectivity index (χ0n) is 15.4. The number of carbonyl (C=O) groups is 1. The monoisotopic (exact) mass is 392 g/mol. The van der Waals surface area contributed by atoms with E-state index in [2.05, 4.69) is 30.8 Å². The Morgan fingerprint density at radius 1 is 1.23 bits per heavy atom. The fourth-order valence-electron chi connectivity index (χ4n) is 2.75. The van der Waals surface area contributed by atoms with Crippen LogP contribution in [0, 0.1) is 0 Å². The molecule has 1 aliphatic heterocycles. The number of hydrogen-bond acceptors (Lipinski definition) is 5. The van der Waals surface area contributed by atoms with Gasteiger partial charge in [-0.1, -0.05) is 23.7 Å². The number of aldehydes is 1. The van der Waals surface area contributed by atoms with Gasteiger partial charge in [0.1, 0.15) is 11.4 Å². The molecule has 0 bridgehead atoms. The van der Waals surface area contributed by atoms with E-state index in [1.54, 1.807) is 30.3 Å². The number of nitrogens with zero attached hydrogens (tertiary/aromatic N) is 2. The molecule has 1 aromatic carbocycles. The molecule has 2 unspecified atom stereocenters. The second kappa shape index (κ2) is 9.95. The highest BCUT2D eigenvalue weighted by molar-refractivity contribution is 7.98. The fourth-order valence-corrected chi connectivity index (χ4v) is 3.96. The number of halogens is 1. The van der Waals surface area contributed by atoms with E-state index >= 15 is 0 Å². The molecule has 0 radical (unpaired) electrons. The predicted molar refractivity (Wildman–Crippen MR) is 108 cm³/mol. The molecular formula is C20H25ClN2O2S. The van der Waals surface area contributed by atoms with Crippen LogP contribution in [0.1, 0.15) is 42.9 Å². The van der Waals surface area contributed by atoms with Crippen LogP contribution < -0.4 is 0 Å². The number of rotatable bonds is 4. The van der Waals surface area contributed by atoms with E-state index in [0.29, 0.717) is 27.7 Å². The van der Waals surface area contributed by atoms with E-state index in [0.717, 1.165) is 17.8 Å². The average Bonchev–Trinajstić information content (AvgIpc) is 2.93. The molecule has 2 heterocycles. The summed E-state index contributed by atoms with van der Waals surface area (Å²) in [6, 6.07) is 11.9. The molecule has 1 aliphatic rings. The number of pyridine rings is 1. The normalized spacial score (nSPS) is 19.7. The molecule has 0 spiro atoms. The topological polar surface area (TPSA) is 53.4 Å². The molecule has 1 saturated heterocycles. The molecule has 2 aromatic rings. The number of carbonyl (C=O) groups excluding carboxylic acids is 1. The lowest BCUT2D eigenvalue weighted by molar-refractivity contribution is 0.111. The molecule has 4 nitrogen and oxygen atoms in total. The van der Waals surface area contributed by atoms with Gasteiger partial charge >= 0.3 is 0 Å². The molecule has 26 heavy (non-hydrogen) atoms. The van der Waals surface area contributed by atoms with Crippen LogP contribution in [0.25, 0.3) is 0 Å². The first-order chi connectivity index (χ1) is 12.4. The van der Waals surface area contributed by atoms with E-state index < -0.39 is 0 Å². The number of thioether (sulfide) groups is 1. The van der Waals surface area contributed by atoms with Crippen molar-refractivity contribution in [3.05, 3.63) is 52.8 Å². The van der Waals surface area contributed by atoms with E-state index in [4.69, 9.17) is 11.6 Å². The third-order valence-corrected chi connectivity index (χ3v) is 6.24. The minimum absolute atomic E-state index is 0.152. The van der Waals surface area contributed by atoms with Crippen molar-refractivity contribution in [2.24, 2.45) is 0 Å². The number of phenolic OH excluding ortho intramolecular Hbond substituents is 1. The van der Waals surface area contributed by atoms with Gasteiger partial charge in [-0.05, 0) is 58.0 Å². The quantitative estimate of drug-likeness (QED) is 0.583. The van der Waals surface area contributed by atoms with Crippen molar-refractivity contribution in [1.82, 2.24) is 9.88 Å². The first-order valence-electron chi connectivity index (χ1n) is 8.65. The van der Waals surface area contributed by atoms with Crippen LogP contribution in [0.15, 0.2) is 41.3 Å². The van der Waals surface area contributed by atoms with Crippen molar-refractivity contribution in [2.75, 3.05) is 7.05 Å². The summed E-state index contributed by atoms with van der Waals surface area (Å²) in [5.41, 5.74) is 1.17. The van der Waals surface area contributed by atoms with Crippen molar-refractivity contribution in [2.45, 2.75) is 49.4 Å². The van der Waals surface area contributed by atoms with Gasteiger partial charge in [0.15, 0.2) is 6.29 Å². The SMILES string of the molecule is CC1CCC(C)N1C.O=Cc1cccc(CSc2c(O)cccc2Cl)n1. The maximum Gasteiger partial charge on any atom is 0.168 e. The van der Waals surface area contributed by atoms with E-state index in [9.17, 15) is 9.90 Å². The standard InChI is InChI=1S/C13H10ClNO2S.C7H15N/c14-11-5-2-6-12(17)13(11)18-8-10-4-1-3-9(7-16)15-10;1-6-4-5-7(2)8(6)3/h1-7,17H,8H2;6-7H,4-5H2,1-3H3. The summed E-state index contributed by atoms with van der Waals surface area (Å²) >= 11 is 7.38. The lowest BCUT2D eigenvalue weighted by Gasteiger charge is -2.18. The second-order valence-corrected chi connectivity index (χ2v) is 7.88. The molecule has 140 valence electrons. The highest BCUT2D eigenvalue weighted by Crippen LogP contribution is 2.36. The molecular weight excluding hydrogens is 368 g/mol. The number of aromatic hydroxyl groups is 1. The zero-order chi connectivity index (χ0) is 19.1. The highest BCUT2D eigenvalue weighted by Gasteiger charge is 2.22. The first-order valence-corrected chi connectivity index (χ1v) is 10.0. The maximum absolute atomic E-state index is 10.6. The van der Waals surface area contributed by atoms with Gasteiger partial charge in [-0.3, -0.25) is 4.79 Å².